The lowest BCUT2D eigenvalue weighted by molar-refractivity contribution is -0.123. The van der Waals surface area contributed by atoms with Gasteiger partial charge < -0.3 is 39.6 Å². The summed E-state index contributed by atoms with van der Waals surface area (Å²) in [4.78, 5) is 40.3. The van der Waals surface area contributed by atoms with Crippen molar-refractivity contribution in [3.8, 4) is 39.9 Å². The minimum atomic E-state index is -0.742. The quantitative estimate of drug-likeness (QED) is 0.205. The van der Waals surface area contributed by atoms with Crippen LogP contribution in [0.25, 0.3) is 11.1 Å². The number of rotatable bonds is 13. The molecule has 0 spiro atoms. The molecule has 3 aromatic carbocycles. The molecule has 49 heavy (non-hydrogen) atoms. The Morgan fingerprint density at radius 1 is 0.776 bits per heavy atom. The van der Waals surface area contributed by atoms with Crippen molar-refractivity contribution in [3.63, 3.8) is 0 Å². The number of ether oxygens (including phenoxy) is 5. The number of carbonyl (C=O) groups is 2. The molecule has 3 aromatic rings. The van der Waals surface area contributed by atoms with Gasteiger partial charge in [0.05, 0.1) is 53.3 Å². The normalized spacial score (nSPS) is 14.8. The smallest absolute Gasteiger partial charge is 0.243 e. The van der Waals surface area contributed by atoms with Gasteiger partial charge in [-0.2, -0.15) is 0 Å². The molecule has 3 atom stereocenters. The summed E-state index contributed by atoms with van der Waals surface area (Å²) in [5.74, 6) is 1.97. The highest BCUT2D eigenvalue weighted by Gasteiger charge is 2.31. The Morgan fingerprint density at radius 2 is 1.45 bits per heavy atom. The second kappa shape index (κ2) is 16.0. The SMILES string of the molecule is COc1ccc([C@H](NC(=O)[C@@H](Nc2ccc3c(cc2=O)[C@@H](NC(C)=O)CCc2cc(OC)c(OC)c(OC)c2-3)C(C)C)C(C)C)cc1OC. The molecule has 0 unspecified atom stereocenters. The summed E-state index contributed by atoms with van der Waals surface area (Å²) in [7, 11) is 7.81. The average molecular weight is 676 g/mol. The predicted molar refractivity (Wildman–Crippen MR) is 190 cm³/mol. The Labute approximate surface area is 288 Å². The van der Waals surface area contributed by atoms with E-state index in [0.717, 1.165) is 16.7 Å². The first-order valence-electron chi connectivity index (χ1n) is 16.4. The molecule has 2 amide bonds. The third-order valence-corrected chi connectivity index (χ3v) is 8.91. The third kappa shape index (κ3) is 7.87. The number of methoxy groups -OCH3 is 5. The number of hydrogen-bond acceptors (Lipinski definition) is 9. The van der Waals surface area contributed by atoms with Crippen molar-refractivity contribution in [2.45, 2.75) is 65.6 Å². The van der Waals surface area contributed by atoms with Crippen LogP contribution in [0.3, 0.4) is 0 Å². The first kappa shape index (κ1) is 36.9. The highest BCUT2D eigenvalue weighted by molar-refractivity contribution is 5.86. The molecule has 0 saturated carbocycles. The zero-order chi connectivity index (χ0) is 36.0. The molecular formula is C38H49N3O8. The van der Waals surface area contributed by atoms with Crippen LogP contribution >= 0.6 is 0 Å². The fourth-order valence-electron chi connectivity index (χ4n) is 6.45. The van der Waals surface area contributed by atoms with Crippen LogP contribution in [0.1, 0.15) is 69.8 Å². The number of carbonyl (C=O) groups excluding carboxylic acids is 2. The maximum Gasteiger partial charge on any atom is 0.243 e. The number of amides is 2. The van der Waals surface area contributed by atoms with Crippen LogP contribution in [0.4, 0.5) is 5.69 Å². The molecule has 1 aliphatic rings. The van der Waals surface area contributed by atoms with E-state index in [1.165, 1.54) is 6.92 Å². The van der Waals surface area contributed by atoms with E-state index < -0.39 is 12.1 Å². The van der Waals surface area contributed by atoms with Gasteiger partial charge in [0, 0.05) is 12.5 Å². The Hall–Kier alpha value is -4.93. The fraction of sp³-hybridized carbons (Fsp3) is 0.447. The zero-order valence-corrected chi connectivity index (χ0v) is 30.1. The lowest BCUT2D eigenvalue weighted by Gasteiger charge is -2.28. The topological polar surface area (TPSA) is 133 Å². The monoisotopic (exact) mass is 675 g/mol. The van der Waals surface area contributed by atoms with Crippen LogP contribution in [-0.4, -0.2) is 53.4 Å². The van der Waals surface area contributed by atoms with Crippen molar-refractivity contribution in [2.24, 2.45) is 11.8 Å². The van der Waals surface area contributed by atoms with Crippen LogP contribution in [0.2, 0.25) is 0 Å². The minimum absolute atomic E-state index is 0.0477. The molecule has 11 nitrogen and oxygen atoms in total. The summed E-state index contributed by atoms with van der Waals surface area (Å²) in [6.07, 6.45) is 1.12. The summed E-state index contributed by atoms with van der Waals surface area (Å²) < 4.78 is 28.1. The van der Waals surface area contributed by atoms with Crippen LogP contribution in [0.15, 0.2) is 47.3 Å². The Balaban J connectivity index is 1.79. The molecule has 0 saturated heterocycles. The van der Waals surface area contributed by atoms with Crippen LogP contribution < -0.4 is 45.1 Å². The highest BCUT2D eigenvalue weighted by Crippen LogP contribution is 2.50. The van der Waals surface area contributed by atoms with Gasteiger partial charge in [0.25, 0.3) is 0 Å². The largest absolute Gasteiger partial charge is 0.493 e. The van der Waals surface area contributed by atoms with Crippen LogP contribution in [0.5, 0.6) is 28.7 Å². The second-order valence-corrected chi connectivity index (χ2v) is 12.8. The Bertz CT molecular complexity index is 1740. The van der Waals surface area contributed by atoms with E-state index in [2.05, 4.69) is 16.0 Å². The summed E-state index contributed by atoms with van der Waals surface area (Å²) in [6.45, 7) is 9.36. The molecule has 1 aliphatic carbocycles. The first-order valence-corrected chi connectivity index (χ1v) is 16.4. The minimum Gasteiger partial charge on any atom is -0.493 e. The van der Waals surface area contributed by atoms with Gasteiger partial charge in [-0.25, -0.2) is 0 Å². The summed E-state index contributed by atoms with van der Waals surface area (Å²) in [6, 6.07) is 11.0. The molecule has 0 fully saturated rings. The van der Waals surface area contributed by atoms with E-state index in [4.69, 9.17) is 23.7 Å². The zero-order valence-electron chi connectivity index (χ0n) is 30.1. The van der Waals surface area contributed by atoms with E-state index in [1.807, 2.05) is 58.0 Å². The van der Waals surface area contributed by atoms with Gasteiger partial charge in [0.1, 0.15) is 6.04 Å². The fourth-order valence-corrected chi connectivity index (χ4v) is 6.45. The van der Waals surface area contributed by atoms with Crippen molar-refractivity contribution < 1.29 is 33.3 Å². The summed E-state index contributed by atoms with van der Waals surface area (Å²) in [5, 5.41) is 9.49. The molecule has 11 heteroatoms. The van der Waals surface area contributed by atoms with Crippen molar-refractivity contribution in [1.82, 2.24) is 10.6 Å². The Kier molecular flexibility index (Phi) is 12.0. The molecular weight excluding hydrogens is 626 g/mol. The highest BCUT2D eigenvalue weighted by atomic mass is 16.5. The number of anilines is 1. The van der Waals surface area contributed by atoms with Crippen LogP contribution in [0, 0.1) is 11.8 Å². The lowest BCUT2D eigenvalue weighted by atomic mass is 9.94. The average Bonchev–Trinajstić information content (AvgIpc) is 3.32. The van der Waals surface area contributed by atoms with Gasteiger partial charge >= 0.3 is 0 Å². The summed E-state index contributed by atoms with van der Waals surface area (Å²) >= 11 is 0. The molecule has 0 heterocycles. The van der Waals surface area contributed by atoms with E-state index in [0.29, 0.717) is 52.7 Å². The van der Waals surface area contributed by atoms with E-state index >= 15 is 0 Å². The van der Waals surface area contributed by atoms with Crippen molar-refractivity contribution >= 4 is 17.5 Å². The van der Waals surface area contributed by atoms with Gasteiger partial charge in [0.2, 0.25) is 23.0 Å². The van der Waals surface area contributed by atoms with Crippen LogP contribution in [-0.2, 0) is 16.0 Å². The van der Waals surface area contributed by atoms with E-state index in [9.17, 15) is 14.4 Å². The molecule has 0 radical (unpaired) electrons. The maximum absolute atomic E-state index is 14.0. The van der Waals surface area contributed by atoms with E-state index in [-0.39, 0.29) is 40.8 Å². The van der Waals surface area contributed by atoms with Gasteiger partial charge in [0.15, 0.2) is 23.0 Å². The molecule has 264 valence electrons. The Morgan fingerprint density at radius 3 is 2.02 bits per heavy atom. The first-order chi connectivity index (χ1) is 23.4. The molecule has 0 aromatic heterocycles. The summed E-state index contributed by atoms with van der Waals surface area (Å²) in [5.41, 5.74) is 3.80. The van der Waals surface area contributed by atoms with Gasteiger partial charge in [-0.3, -0.25) is 14.4 Å². The standard InChI is InChI=1S/C38H49N3O8/c1-20(2)34(24-12-16-30(45-6)31(18-24)46-7)41-38(44)35(21(3)4)40-28-15-13-25-26(19-29(28)43)27(39-22(5)42)14-11-23-17-32(47-8)36(48-9)37(49-10)33(23)25/h12-13,15-21,27,34-35H,11,14H2,1-10H3,(H,39,42)(H,40,43)(H,41,44)/t27-,34+,35-/m0/s1. The molecule has 0 bridgehead atoms. The van der Waals surface area contributed by atoms with Crippen molar-refractivity contribution in [3.05, 3.63) is 69.4 Å². The van der Waals surface area contributed by atoms with Gasteiger partial charge in [-0.05, 0) is 77.3 Å². The number of hydrogen-bond donors (Lipinski definition) is 3. The number of fused-ring (bicyclic) bond motifs is 3. The third-order valence-electron chi connectivity index (χ3n) is 8.91. The molecule has 3 N–H and O–H groups in total. The van der Waals surface area contributed by atoms with Gasteiger partial charge in [-0.1, -0.05) is 39.8 Å². The van der Waals surface area contributed by atoms with Crippen molar-refractivity contribution in [1.29, 1.82) is 0 Å². The number of aryl methyl sites for hydroxylation is 1. The van der Waals surface area contributed by atoms with Gasteiger partial charge in [-0.15, -0.1) is 0 Å². The predicted octanol–water partition coefficient (Wildman–Crippen LogP) is 5.83. The molecule has 0 aliphatic heterocycles. The second-order valence-electron chi connectivity index (χ2n) is 12.8. The maximum atomic E-state index is 14.0. The van der Waals surface area contributed by atoms with E-state index in [1.54, 1.807) is 47.7 Å². The molecule has 4 rings (SSSR count). The number of benzene rings is 2. The van der Waals surface area contributed by atoms with Crippen molar-refractivity contribution in [2.75, 3.05) is 40.9 Å². The lowest BCUT2D eigenvalue weighted by Crippen LogP contribution is -2.46. The number of nitrogens with one attached hydrogen (secondary N) is 3.